The fraction of sp³-hybridized carbons (Fsp3) is 1.00. The van der Waals surface area contributed by atoms with Gasteiger partial charge in [0.15, 0.2) is 0 Å². The molecule has 2 unspecified atom stereocenters. The van der Waals surface area contributed by atoms with Gasteiger partial charge in [0.2, 0.25) is 0 Å². The van der Waals surface area contributed by atoms with Crippen molar-refractivity contribution < 1.29 is 62.6 Å². The van der Waals surface area contributed by atoms with Crippen molar-refractivity contribution in [2.24, 2.45) is 0 Å². The molecule has 0 aromatic rings. The molecule has 2 atom stereocenters. The van der Waals surface area contributed by atoms with Gasteiger partial charge in [0.05, 0.1) is 38.6 Å². The second kappa shape index (κ2) is 24.6. The van der Waals surface area contributed by atoms with E-state index in [4.69, 9.17) is 62.6 Å². The zero-order valence-corrected chi connectivity index (χ0v) is 36.5. The van der Waals surface area contributed by atoms with Crippen molar-refractivity contribution in [3.8, 4) is 0 Å². The highest BCUT2D eigenvalue weighted by atomic mass is 28.4. The molecule has 0 amide bonds. The van der Waals surface area contributed by atoms with Crippen molar-refractivity contribution in [3.63, 3.8) is 0 Å². The van der Waals surface area contributed by atoms with Gasteiger partial charge in [0.25, 0.3) is 0 Å². The molecule has 50 heavy (non-hydrogen) atoms. The highest BCUT2D eigenvalue weighted by Crippen LogP contribution is 2.25. The molecule has 0 aromatic carbocycles. The smallest absolute Gasteiger partial charge is 0.377 e. The van der Waals surface area contributed by atoms with E-state index in [0.717, 1.165) is 76.0 Å². The Morgan fingerprint density at radius 2 is 0.880 bits per heavy atom. The standard InChI is InChI=1S/C30H68N2O14Si4/c1-33-47(34-2,35-3)21-11-15-31-17-13-23-49(39-7,40-8)45-29(25-31)27-43-19-20-44-28-30-26-32(16-12-22-48(36-4,37-5)38-6)18-14-24-50(41-9,42-10)46-30/h29-30H,11-28H2,1-10H3. The van der Waals surface area contributed by atoms with Gasteiger partial charge in [0, 0.05) is 108 Å². The van der Waals surface area contributed by atoms with E-state index in [2.05, 4.69) is 9.80 Å². The first-order valence-electron chi connectivity index (χ1n) is 17.6. The Bertz CT molecular complexity index is 791. The van der Waals surface area contributed by atoms with Crippen LogP contribution in [-0.2, 0) is 62.6 Å². The third-order valence-electron chi connectivity index (χ3n) is 9.53. The van der Waals surface area contributed by atoms with Gasteiger partial charge in [-0.2, -0.15) is 0 Å². The lowest BCUT2D eigenvalue weighted by Gasteiger charge is -2.37. The van der Waals surface area contributed by atoms with Crippen LogP contribution in [0.4, 0.5) is 0 Å². The van der Waals surface area contributed by atoms with Gasteiger partial charge >= 0.3 is 35.2 Å². The van der Waals surface area contributed by atoms with E-state index in [1.807, 2.05) is 0 Å². The van der Waals surface area contributed by atoms with Crippen LogP contribution in [0.5, 0.6) is 0 Å². The average Bonchev–Trinajstić information content (AvgIpc) is 3.13. The predicted molar refractivity (Wildman–Crippen MR) is 195 cm³/mol. The van der Waals surface area contributed by atoms with E-state index in [9.17, 15) is 0 Å². The van der Waals surface area contributed by atoms with Crippen molar-refractivity contribution in [1.29, 1.82) is 0 Å². The summed E-state index contributed by atoms with van der Waals surface area (Å²) in [4.78, 5) is 4.80. The van der Waals surface area contributed by atoms with Gasteiger partial charge in [-0.3, -0.25) is 0 Å². The van der Waals surface area contributed by atoms with E-state index >= 15 is 0 Å². The maximum absolute atomic E-state index is 6.53. The van der Waals surface area contributed by atoms with Gasteiger partial charge in [-0.25, -0.2) is 0 Å². The monoisotopic (exact) mass is 792 g/mol. The lowest BCUT2D eigenvalue weighted by molar-refractivity contribution is -0.0506. The summed E-state index contributed by atoms with van der Waals surface area (Å²) in [6, 6.07) is 2.95. The second-order valence-corrected chi connectivity index (χ2v) is 24.4. The largest absolute Gasteiger partial charge is 0.500 e. The molecular weight excluding hydrogens is 725 g/mol. The molecule has 2 aliphatic rings. The molecule has 16 nitrogen and oxygen atoms in total. The van der Waals surface area contributed by atoms with Crippen molar-refractivity contribution >= 4 is 35.2 Å². The molecule has 2 rings (SSSR count). The molecule has 2 saturated heterocycles. The summed E-state index contributed by atoms with van der Waals surface area (Å²) in [6.07, 6.45) is 3.17. The van der Waals surface area contributed by atoms with Gasteiger partial charge in [0.1, 0.15) is 0 Å². The third kappa shape index (κ3) is 14.8. The maximum atomic E-state index is 6.53. The summed E-state index contributed by atoms with van der Waals surface area (Å²) in [7, 11) is 5.72. The molecule has 0 aromatic heterocycles. The molecule has 0 N–H and O–H groups in total. The van der Waals surface area contributed by atoms with Crippen LogP contribution in [-0.4, -0.2) is 194 Å². The lowest BCUT2D eigenvalue weighted by atomic mass is 10.3. The van der Waals surface area contributed by atoms with Crippen LogP contribution in [0.1, 0.15) is 25.7 Å². The van der Waals surface area contributed by atoms with Crippen molar-refractivity contribution in [1.82, 2.24) is 9.80 Å². The van der Waals surface area contributed by atoms with E-state index in [1.165, 1.54) is 0 Å². The van der Waals surface area contributed by atoms with Crippen LogP contribution in [0.25, 0.3) is 0 Å². The number of hydrogen-bond acceptors (Lipinski definition) is 16. The van der Waals surface area contributed by atoms with Crippen LogP contribution in [0, 0.1) is 0 Å². The minimum atomic E-state index is -2.80. The average molecular weight is 793 g/mol. The first-order valence-corrected chi connectivity index (χ1v) is 25.3. The summed E-state index contributed by atoms with van der Waals surface area (Å²) in [5.74, 6) is 0. The zero-order valence-electron chi connectivity index (χ0n) is 32.5. The maximum Gasteiger partial charge on any atom is 0.500 e. The van der Waals surface area contributed by atoms with Crippen molar-refractivity contribution in [3.05, 3.63) is 0 Å². The van der Waals surface area contributed by atoms with E-state index < -0.39 is 35.2 Å². The highest BCUT2D eigenvalue weighted by molar-refractivity contribution is 6.61. The molecule has 0 radical (unpaired) electrons. The van der Waals surface area contributed by atoms with Crippen LogP contribution >= 0.6 is 0 Å². The molecule has 0 spiro atoms. The Hall–Kier alpha value is 0.228. The molecule has 2 fully saturated rings. The van der Waals surface area contributed by atoms with Crippen LogP contribution in [0.2, 0.25) is 24.2 Å². The van der Waals surface area contributed by atoms with Crippen molar-refractivity contribution in [2.75, 3.05) is 137 Å². The van der Waals surface area contributed by atoms with E-state index in [-0.39, 0.29) is 12.2 Å². The molecule has 20 heteroatoms. The summed E-state index contributed by atoms with van der Waals surface area (Å²) < 4.78 is 82.3. The molecular formula is C30H68N2O14Si4. The van der Waals surface area contributed by atoms with Crippen LogP contribution < -0.4 is 0 Å². The Labute approximate surface area is 305 Å². The second-order valence-electron chi connectivity index (χ2n) is 12.4. The van der Waals surface area contributed by atoms with E-state index in [0.29, 0.717) is 39.5 Å². The SMILES string of the molecule is CO[Si](CCCN1CCC[Si](OC)(OC)OC(COCCOCC2CN(CCC[Si](OC)(OC)OC)CCC[Si](OC)(OC)O2)C1)(OC)OC. The van der Waals surface area contributed by atoms with Gasteiger partial charge in [-0.05, 0) is 51.9 Å². The van der Waals surface area contributed by atoms with Crippen molar-refractivity contribution in [2.45, 2.75) is 62.1 Å². The number of nitrogens with zero attached hydrogens (tertiary/aromatic N) is 2. The normalized spacial score (nSPS) is 22.9. The molecule has 2 aliphatic heterocycles. The Balaban J connectivity index is 1.92. The summed E-state index contributed by atoms with van der Waals surface area (Å²) in [6.45, 7) is 6.52. The Kier molecular flexibility index (Phi) is 22.8. The van der Waals surface area contributed by atoms with Gasteiger partial charge < -0.3 is 72.4 Å². The molecule has 0 bridgehead atoms. The fourth-order valence-electron chi connectivity index (χ4n) is 6.54. The quantitative estimate of drug-likeness (QED) is 0.0987. The third-order valence-corrected chi connectivity index (χ3v) is 21.0. The molecule has 0 saturated carbocycles. The first kappa shape index (κ1) is 46.4. The van der Waals surface area contributed by atoms with E-state index in [1.54, 1.807) is 71.1 Å². The summed E-state index contributed by atoms with van der Waals surface area (Å²) in [5, 5.41) is 0. The number of ether oxygens (including phenoxy) is 2. The summed E-state index contributed by atoms with van der Waals surface area (Å²) in [5.41, 5.74) is 0. The fourth-order valence-corrected chi connectivity index (χ4v) is 14.2. The number of hydrogen-bond donors (Lipinski definition) is 0. The molecule has 2 heterocycles. The Morgan fingerprint density at radius 3 is 1.18 bits per heavy atom. The minimum absolute atomic E-state index is 0.218. The minimum Gasteiger partial charge on any atom is -0.377 e. The first-order chi connectivity index (χ1) is 24.1. The van der Waals surface area contributed by atoms with Crippen LogP contribution in [0.15, 0.2) is 0 Å². The van der Waals surface area contributed by atoms with Crippen LogP contribution in [0.3, 0.4) is 0 Å². The zero-order chi connectivity index (χ0) is 36.9. The highest BCUT2D eigenvalue weighted by Gasteiger charge is 2.45. The van der Waals surface area contributed by atoms with Gasteiger partial charge in [-0.1, -0.05) is 0 Å². The predicted octanol–water partition coefficient (Wildman–Crippen LogP) is 2.20. The van der Waals surface area contributed by atoms with Gasteiger partial charge in [-0.15, -0.1) is 0 Å². The Morgan fingerprint density at radius 1 is 0.540 bits per heavy atom. The summed E-state index contributed by atoms with van der Waals surface area (Å²) >= 11 is 0. The number of rotatable bonds is 25. The molecule has 298 valence electrons. The topological polar surface area (TPSA) is 136 Å². The molecule has 0 aliphatic carbocycles. The lowest BCUT2D eigenvalue weighted by Crippen LogP contribution is -2.53.